The lowest BCUT2D eigenvalue weighted by atomic mass is 9.81. The van der Waals surface area contributed by atoms with Crippen molar-refractivity contribution >= 4 is 0 Å². The second-order valence-corrected chi connectivity index (χ2v) is 6.25. The van der Waals surface area contributed by atoms with Crippen LogP contribution in [0.15, 0.2) is 18.2 Å². The SMILES string of the molecule is N[C@@H]1CCN(C2CCC(c3ccc(F)cc3O)CC2)C1. The van der Waals surface area contributed by atoms with Crippen molar-refractivity contribution in [3.05, 3.63) is 29.6 Å². The molecule has 3 N–H and O–H groups in total. The summed E-state index contributed by atoms with van der Waals surface area (Å²) >= 11 is 0. The summed E-state index contributed by atoms with van der Waals surface area (Å²) in [5.41, 5.74) is 6.88. The Balaban J connectivity index is 1.61. The highest BCUT2D eigenvalue weighted by atomic mass is 19.1. The van der Waals surface area contributed by atoms with Crippen LogP contribution in [0.25, 0.3) is 0 Å². The smallest absolute Gasteiger partial charge is 0.126 e. The standard InChI is InChI=1S/C16H23FN2O/c17-12-3-6-15(16(20)9-12)11-1-4-14(5-2-11)19-8-7-13(18)10-19/h3,6,9,11,13-14,20H,1-2,4-5,7-8,10,18H2/t11?,13-,14?/m1/s1. The molecule has 2 aliphatic rings. The number of hydrogen-bond acceptors (Lipinski definition) is 3. The third-order valence-corrected chi connectivity index (χ3v) is 4.90. The van der Waals surface area contributed by atoms with Gasteiger partial charge >= 0.3 is 0 Å². The number of aromatic hydroxyl groups is 1. The van der Waals surface area contributed by atoms with Gasteiger partial charge in [0.25, 0.3) is 0 Å². The summed E-state index contributed by atoms with van der Waals surface area (Å²) in [4.78, 5) is 2.52. The first-order valence-corrected chi connectivity index (χ1v) is 7.61. The maximum absolute atomic E-state index is 13.0. The van der Waals surface area contributed by atoms with Gasteiger partial charge in [-0.25, -0.2) is 4.39 Å². The number of phenols is 1. The number of halogens is 1. The van der Waals surface area contributed by atoms with E-state index in [0.717, 1.165) is 50.8 Å². The predicted molar refractivity (Wildman–Crippen MR) is 77.2 cm³/mol. The summed E-state index contributed by atoms with van der Waals surface area (Å²) in [5, 5.41) is 9.89. The molecule has 1 aromatic rings. The molecule has 1 aliphatic heterocycles. The first-order chi connectivity index (χ1) is 9.63. The normalized spacial score (nSPS) is 31.6. The number of benzene rings is 1. The maximum Gasteiger partial charge on any atom is 0.126 e. The average molecular weight is 278 g/mol. The van der Waals surface area contributed by atoms with E-state index in [2.05, 4.69) is 4.90 Å². The van der Waals surface area contributed by atoms with E-state index in [-0.39, 0.29) is 11.6 Å². The molecule has 4 heteroatoms. The Hall–Kier alpha value is -1.13. The summed E-state index contributed by atoms with van der Waals surface area (Å²) in [6.45, 7) is 2.15. The first-order valence-electron chi connectivity index (χ1n) is 7.61. The maximum atomic E-state index is 13.0. The van der Waals surface area contributed by atoms with Gasteiger partial charge in [-0.05, 0) is 49.7 Å². The van der Waals surface area contributed by atoms with Crippen LogP contribution >= 0.6 is 0 Å². The van der Waals surface area contributed by atoms with Crippen LogP contribution in [0.3, 0.4) is 0 Å². The van der Waals surface area contributed by atoms with Crippen LogP contribution in [-0.2, 0) is 0 Å². The van der Waals surface area contributed by atoms with E-state index >= 15 is 0 Å². The van der Waals surface area contributed by atoms with Crippen LogP contribution in [0.2, 0.25) is 0 Å². The summed E-state index contributed by atoms with van der Waals surface area (Å²) in [6.07, 6.45) is 5.53. The zero-order chi connectivity index (χ0) is 14.1. The number of nitrogens with two attached hydrogens (primary N) is 1. The fraction of sp³-hybridized carbons (Fsp3) is 0.625. The molecule has 110 valence electrons. The van der Waals surface area contributed by atoms with Crippen LogP contribution in [0, 0.1) is 5.82 Å². The lowest BCUT2D eigenvalue weighted by Crippen LogP contribution is -2.37. The number of rotatable bonds is 2. The van der Waals surface area contributed by atoms with Crippen molar-refractivity contribution < 1.29 is 9.50 Å². The van der Waals surface area contributed by atoms with E-state index in [1.165, 1.54) is 12.1 Å². The number of hydrogen-bond donors (Lipinski definition) is 2. The molecular formula is C16H23FN2O. The van der Waals surface area contributed by atoms with Crippen LogP contribution in [0.4, 0.5) is 4.39 Å². The van der Waals surface area contributed by atoms with E-state index in [1.54, 1.807) is 6.07 Å². The highest BCUT2D eigenvalue weighted by Crippen LogP contribution is 2.39. The summed E-state index contributed by atoms with van der Waals surface area (Å²) < 4.78 is 13.0. The van der Waals surface area contributed by atoms with Gasteiger partial charge in [0.15, 0.2) is 0 Å². The quantitative estimate of drug-likeness (QED) is 0.874. The molecule has 3 rings (SSSR count). The Morgan fingerprint density at radius 1 is 1.15 bits per heavy atom. The van der Waals surface area contributed by atoms with Gasteiger partial charge in [0, 0.05) is 31.2 Å². The molecular weight excluding hydrogens is 255 g/mol. The monoisotopic (exact) mass is 278 g/mol. The molecule has 0 unspecified atom stereocenters. The third kappa shape index (κ3) is 2.81. The zero-order valence-corrected chi connectivity index (χ0v) is 11.8. The third-order valence-electron chi connectivity index (χ3n) is 4.90. The van der Waals surface area contributed by atoms with Gasteiger partial charge < -0.3 is 10.8 Å². The lowest BCUT2D eigenvalue weighted by Gasteiger charge is -2.35. The molecule has 1 saturated carbocycles. The Morgan fingerprint density at radius 2 is 1.90 bits per heavy atom. The van der Waals surface area contributed by atoms with E-state index in [4.69, 9.17) is 5.73 Å². The van der Waals surface area contributed by atoms with Gasteiger partial charge in [-0.3, -0.25) is 4.90 Å². The molecule has 20 heavy (non-hydrogen) atoms. The number of likely N-dealkylation sites (tertiary alicyclic amines) is 1. The Morgan fingerprint density at radius 3 is 2.50 bits per heavy atom. The average Bonchev–Trinajstić information content (AvgIpc) is 2.86. The Bertz CT molecular complexity index is 472. The minimum absolute atomic E-state index is 0.108. The molecule has 1 saturated heterocycles. The highest BCUT2D eigenvalue weighted by Gasteiger charge is 2.31. The first kappa shape index (κ1) is 13.8. The molecule has 1 aliphatic carbocycles. The van der Waals surface area contributed by atoms with Gasteiger partial charge in [0.05, 0.1) is 0 Å². The summed E-state index contributed by atoms with van der Waals surface area (Å²) in [5.74, 6) is 0.103. The van der Waals surface area contributed by atoms with Crippen LogP contribution in [0.5, 0.6) is 5.75 Å². The summed E-state index contributed by atoms with van der Waals surface area (Å²) in [7, 11) is 0. The van der Waals surface area contributed by atoms with E-state index in [0.29, 0.717) is 18.0 Å². The molecule has 2 fully saturated rings. The van der Waals surface area contributed by atoms with E-state index in [1.807, 2.05) is 0 Å². The number of phenolic OH excluding ortho intramolecular Hbond substituents is 1. The van der Waals surface area contributed by atoms with Gasteiger partial charge in [0.1, 0.15) is 11.6 Å². The van der Waals surface area contributed by atoms with Gasteiger partial charge in [0.2, 0.25) is 0 Å². The fourth-order valence-corrected chi connectivity index (χ4v) is 3.76. The van der Waals surface area contributed by atoms with Crippen LogP contribution in [-0.4, -0.2) is 35.2 Å². The minimum atomic E-state index is -0.369. The minimum Gasteiger partial charge on any atom is -0.508 e. The van der Waals surface area contributed by atoms with Crippen molar-refractivity contribution in [2.75, 3.05) is 13.1 Å². The molecule has 1 aromatic carbocycles. The highest BCUT2D eigenvalue weighted by molar-refractivity contribution is 5.35. The van der Waals surface area contributed by atoms with Crippen molar-refractivity contribution in [3.63, 3.8) is 0 Å². The number of nitrogens with zero attached hydrogens (tertiary/aromatic N) is 1. The molecule has 0 amide bonds. The van der Waals surface area contributed by atoms with Gasteiger partial charge in [-0.15, -0.1) is 0 Å². The van der Waals surface area contributed by atoms with Crippen molar-refractivity contribution in [1.29, 1.82) is 0 Å². The van der Waals surface area contributed by atoms with Crippen molar-refractivity contribution in [3.8, 4) is 5.75 Å². The van der Waals surface area contributed by atoms with Crippen LogP contribution < -0.4 is 5.73 Å². The molecule has 0 bridgehead atoms. The summed E-state index contributed by atoms with van der Waals surface area (Å²) in [6, 6.07) is 5.39. The topological polar surface area (TPSA) is 49.5 Å². The van der Waals surface area contributed by atoms with Crippen molar-refractivity contribution in [2.24, 2.45) is 5.73 Å². The van der Waals surface area contributed by atoms with E-state index < -0.39 is 0 Å². The Labute approximate surface area is 119 Å². The van der Waals surface area contributed by atoms with Gasteiger partial charge in [-0.1, -0.05) is 6.07 Å². The molecule has 1 atom stereocenters. The molecule has 1 heterocycles. The van der Waals surface area contributed by atoms with Crippen LogP contribution in [0.1, 0.15) is 43.6 Å². The van der Waals surface area contributed by atoms with Crippen molar-refractivity contribution in [2.45, 2.75) is 50.1 Å². The second kappa shape index (κ2) is 5.70. The molecule has 0 aromatic heterocycles. The zero-order valence-electron chi connectivity index (χ0n) is 11.8. The van der Waals surface area contributed by atoms with Gasteiger partial charge in [-0.2, -0.15) is 0 Å². The van der Waals surface area contributed by atoms with Crippen molar-refractivity contribution in [1.82, 2.24) is 4.90 Å². The lowest BCUT2D eigenvalue weighted by molar-refractivity contribution is 0.179. The largest absolute Gasteiger partial charge is 0.508 e. The molecule has 0 spiro atoms. The Kier molecular flexibility index (Phi) is 3.94. The molecule has 0 radical (unpaired) electrons. The predicted octanol–water partition coefficient (Wildman–Crippen LogP) is 2.59. The fourth-order valence-electron chi connectivity index (χ4n) is 3.76. The molecule has 3 nitrogen and oxygen atoms in total. The van der Waals surface area contributed by atoms with E-state index in [9.17, 15) is 9.50 Å². The second-order valence-electron chi connectivity index (χ2n) is 6.25.